The van der Waals surface area contributed by atoms with E-state index in [2.05, 4.69) is 5.10 Å². The number of aromatic nitrogens is 2. The lowest BCUT2D eigenvalue weighted by Crippen LogP contribution is -2.50. The van der Waals surface area contributed by atoms with Crippen LogP contribution in [0.4, 0.5) is 0 Å². The molecule has 2 heterocycles. The van der Waals surface area contributed by atoms with Crippen LogP contribution in [0, 0.1) is 6.92 Å². The smallest absolute Gasteiger partial charge is 0.272 e. The summed E-state index contributed by atoms with van der Waals surface area (Å²) in [6, 6.07) is 6.06. The van der Waals surface area contributed by atoms with Crippen molar-refractivity contribution in [1.82, 2.24) is 19.0 Å². The van der Waals surface area contributed by atoms with E-state index in [4.69, 9.17) is 23.2 Å². The summed E-state index contributed by atoms with van der Waals surface area (Å²) in [6.45, 7) is 2.78. The molecule has 0 atom stereocenters. The highest BCUT2D eigenvalue weighted by atomic mass is 35.5. The van der Waals surface area contributed by atoms with Crippen molar-refractivity contribution in [2.75, 3.05) is 26.2 Å². The molecule has 1 aliphatic rings. The molecule has 0 aliphatic carbocycles. The molecule has 7 nitrogen and oxygen atoms in total. The van der Waals surface area contributed by atoms with Crippen LogP contribution in [0.2, 0.25) is 10.0 Å². The van der Waals surface area contributed by atoms with E-state index in [9.17, 15) is 13.2 Å². The van der Waals surface area contributed by atoms with Crippen molar-refractivity contribution in [2.45, 2.75) is 11.8 Å². The monoisotopic (exact) mass is 416 g/mol. The zero-order valence-corrected chi connectivity index (χ0v) is 16.6. The van der Waals surface area contributed by atoms with Crippen LogP contribution in [0.3, 0.4) is 0 Å². The molecule has 26 heavy (non-hydrogen) atoms. The molecule has 0 N–H and O–H groups in total. The number of hydrogen-bond acceptors (Lipinski definition) is 4. The van der Waals surface area contributed by atoms with Gasteiger partial charge >= 0.3 is 0 Å². The molecule has 1 aromatic heterocycles. The zero-order valence-electron chi connectivity index (χ0n) is 14.3. The highest BCUT2D eigenvalue weighted by Crippen LogP contribution is 2.28. The summed E-state index contributed by atoms with van der Waals surface area (Å²) in [5.74, 6) is -0.161. The number of carbonyl (C=O) groups excluding carboxylic acids is 1. The Morgan fingerprint density at radius 2 is 1.77 bits per heavy atom. The van der Waals surface area contributed by atoms with Crippen LogP contribution in [-0.2, 0) is 17.1 Å². The van der Waals surface area contributed by atoms with Crippen LogP contribution in [0.25, 0.3) is 0 Å². The van der Waals surface area contributed by atoms with E-state index < -0.39 is 10.0 Å². The maximum absolute atomic E-state index is 12.8. The highest BCUT2D eigenvalue weighted by Gasteiger charge is 2.32. The molecule has 1 amide bonds. The summed E-state index contributed by atoms with van der Waals surface area (Å²) in [7, 11) is -2.06. The SMILES string of the molecule is Cc1cc(C(=O)N2CCN(S(=O)(=O)c3cc(Cl)ccc3Cl)CC2)n(C)n1. The largest absolute Gasteiger partial charge is 0.335 e. The van der Waals surface area contributed by atoms with Crippen molar-refractivity contribution in [2.24, 2.45) is 7.05 Å². The minimum atomic E-state index is -3.77. The third-order valence-corrected chi connectivity index (χ3v) is 6.87. The van der Waals surface area contributed by atoms with E-state index in [-0.39, 0.29) is 28.9 Å². The van der Waals surface area contributed by atoms with E-state index >= 15 is 0 Å². The van der Waals surface area contributed by atoms with Crippen molar-refractivity contribution in [3.63, 3.8) is 0 Å². The number of benzene rings is 1. The molecule has 0 spiro atoms. The molecular weight excluding hydrogens is 399 g/mol. The fourth-order valence-electron chi connectivity index (χ4n) is 2.92. The van der Waals surface area contributed by atoms with Crippen molar-refractivity contribution >= 4 is 39.1 Å². The van der Waals surface area contributed by atoms with Crippen LogP contribution in [0.5, 0.6) is 0 Å². The molecule has 140 valence electrons. The molecule has 3 rings (SSSR count). The molecule has 2 aromatic rings. The molecule has 0 bridgehead atoms. The second kappa shape index (κ2) is 7.19. The second-order valence-electron chi connectivity index (χ2n) is 6.07. The van der Waals surface area contributed by atoms with E-state index in [0.29, 0.717) is 23.8 Å². The lowest BCUT2D eigenvalue weighted by Gasteiger charge is -2.34. The third kappa shape index (κ3) is 3.59. The predicted octanol–water partition coefficient (Wildman–Crippen LogP) is 2.18. The topological polar surface area (TPSA) is 75.5 Å². The van der Waals surface area contributed by atoms with Crippen LogP contribution < -0.4 is 0 Å². The van der Waals surface area contributed by atoms with Gasteiger partial charge in [0.1, 0.15) is 10.6 Å². The Kier molecular flexibility index (Phi) is 5.30. The zero-order chi connectivity index (χ0) is 19.1. The number of nitrogens with zero attached hydrogens (tertiary/aromatic N) is 4. The van der Waals surface area contributed by atoms with Gasteiger partial charge in [-0.2, -0.15) is 9.40 Å². The molecule has 10 heteroatoms. The van der Waals surface area contributed by atoms with E-state index in [1.165, 1.54) is 27.2 Å². The van der Waals surface area contributed by atoms with Crippen molar-refractivity contribution < 1.29 is 13.2 Å². The standard InChI is InChI=1S/C16H18Cl2N4O3S/c1-11-9-14(20(2)19-11)16(23)21-5-7-22(8-6-21)26(24,25)15-10-12(17)3-4-13(15)18/h3-4,9-10H,5-8H2,1-2H3. The Morgan fingerprint density at radius 3 is 2.35 bits per heavy atom. The Morgan fingerprint density at radius 1 is 1.12 bits per heavy atom. The Labute approximate surface area is 162 Å². The number of amides is 1. The Balaban J connectivity index is 1.75. The first-order valence-corrected chi connectivity index (χ1v) is 10.1. The number of sulfonamides is 1. The van der Waals surface area contributed by atoms with Crippen LogP contribution in [0.1, 0.15) is 16.2 Å². The van der Waals surface area contributed by atoms with Gasteiger partial charge < -0.3 is 4.90 Å². The van der Waals surface area contributed by atoms with E-state index in [1.54, 1.807) is 18.0 Å². The summed E-state index contributed by atoms with van der Waals surface area (Å²) < 4.78 is 28.5. The lowest BCUT2D eigenvalue weighted by molar-refractivity contribution is 0.0687. The van der Waals surface area contributed by atoms with Gasteiger partial charge in [0.15, 0.2) is 0 Å². The maximum Gasteiger partial charge on any atom is 0.272 e. The molecule has 0 saturated carbocycles. The molecule has 1 aliphatic heterocycles. The normalized spacial score (nSPS) is 16.1. The predicted molar refractivity (Wildman–Crippen MR) is 99.1 cm³/mol. The second-order valence-corrected chi connectivity index (χ2v) is 8.82. The van der Waals surface area contributed by atoms with Gasteiger partial charge in [-0.1, -0.05) is 23.2 Å². The Hall–Kier alpha value is -1.61. The average molecular weight is 417 g/mol. The number of halogens is 2. The van der Waals surface area contributed by atoms with Crippen LogP contribution in [0.15, 0.2) is 29.2 Å². The van der Waals surface area contributed by atoms with Gasteiger partial charge in [-0.25, -0.2) is 8.42 Å². The molecular formula is C16H18Cl2N4O3S. The number of carbonyl (C=O) groups is 1. The number of hydrogen-bond donors (Lipinski definition) is 0. The van der Waals surface area contributed by atoms with Gasteiger partial charge in [-0.3, -0.25) is 9.48 Å². The molecule has 1 fully saturated rings. The van der Waals surface area contributed by atoms with Crippen molar-refractivity contribution in [3.05, 3.63) is 45.7 Å². The summed E-state index contributed by atoms with van der Waals surface area (Å²) in [5.41, 5.74) is 1.24. The van der Waals surface area contributed by atoms with Crippen molar-refractivity contribution in [1.29, 1.82) is 0 Å². The van der Waals surface area contributed by atoms with Gasteiger partial charge in [0.05, 0.1) is 10.7 Å². The van der Waals surface area contributed by atoms with Gasteiger partial charge in [0.2, 0.25) is 10.0 Å². The van der Waals surface area contributed by atoms with Crippen molar-refractivity contribution in [3.8, 4) is 0 Å². The molecule has 1 aromatic carbocycles. The first kappa shape index (κ1) is 19.2. The summed E-state index contributed by atoms with van der Waals surface area (Å²) >= 11 is 11.9. The number of piperazine rings is 1. The Bertz CT molecular complexity index is 950. The van der Waals surface area contributed by atoms with E-state index in [0.717, 1.165) is 5.69 Å². The first-order chi connectivity index (χ1) is 12.2. The highest BCUT2D eigenvalue weighted by molar-refractivity contribution is 7.89. The maximum atomic E-state index is 12.8. The lowest BCUT2D eigenvalue weighted by atomic mass is 10.3. The third-order valence-electron chi connectivity index (χ3n) is 4.26. The van der Waals surface area contributed by atoms with E-state index in [1.807, 2.05) is 6.92 Å². The number of rotatable bonds is 3. The van der Waals surface area contributed by atoms with Gasteiger partial charge in [0.25, 0.3) is 5.91 Å². The molecule has 0 unspecified atom stereocenters. The van der Waals surface area contributed by atoms with Crippen LogP contribution >= 0.6 is 23.2 Å². The minimum Gasteiger partial charge on any atom is -0.335 e. The molecule has 0 radical (unpaired) electrons. The average Bonchev–Trinajstić information content (AvgIpc) is 2.94. The van der Waals surface area contributed by atoms with Gasteiger partial charge in [0, 0.05) is 38.2 Å². The fraction of sp³-hybridized carbons (Fsp3) is 0.375. The van der Waals surface area contributed by atoms with Gasteiger partial charge in [-0.05, 0) is 31.2 Å². The summed E-state index contributed by atoms with van der Waals surface area (Å²) in [6.07, 6.45) is 0. The molecule has 1 saturated heterocycles. The fourth-order valence-corrected chi connectivity index (χ4v) is 5.08. The van der Waals surface area contributed by atoms with Crippen LogP contribution in [-0.4, -0.2) is 59.5 Å². The minimum absolute atomic E-state index is 0.0197. The first-order valence-electron chi connectivity index (χ1n) is 7.95. The summed E-state index contributed by atoms with van der Waals surface area (Å²) in [4.78, 5) is 14.2. The van der Waals surface area contributed by atoms with Gasteiger partial charge in [-0.15, -0.1) is 0 Å². The summed E-state index contributed by atoms with van der Waals surface area (Å²) in [5, 5.41) is 4.60. The number of aryl methyl sites for hydroxylation is 2. The quantitative estimate of drug-likeness (QED) is 0.768.